The van der Waals surface area contributed by atoms with Crippen LogP contribution < -0.4 is 5.32 Å². The lowest BCUT2D eigenvalue weighted by Crippen LogP contribution is -2.35. The smallest absolute Gasteiger partial charge is 0.365 e. The van der Waals surface area contributed by atoms with Gasteiger partial charge in [0.1, 0.15) is 0 Å². The fraction of sp³-hybridized carbons (Fsp3) is 0.562. The van der Waals surface area contributed by atoms with Gasteiger partial charge in [0.15, 0.2) is 10.8 Å². The molecule has 1 fully saturated rings. The number of halogens is 3. The number of hydrogen-bond donors (Lipinski definition) is 1. The lowest BCUT2D eigenvalue weighted by Gasteiger charge is -2.32. The van der Waals surface area contributed by atoms with Crippen LogP contribution in [-0.2, 0) is 19.1 Å². The summed E-state index contributed by atoms with van der Waals surface area (Å²) in [4.78, 5) is 15.2. The lowest BCUT2D eigenvalue weighted by atomic mass is 9.93. The van der Waals surface area contributed by atoms with E-state index in [0.717, 1.165) is 43.8 Å². The predicted octanol–water partition coefficient (Wildman–Crippen LogP) is 3.45. The van der Waals surface area contributed by atoms with E-state index in [1.54, 1.807) is 11.3 Å². The van der Waals surface area contributed by atoms with Crippen molar-refractivity contribution < 1.29 is 13.2 Å². The molecule has 5 nitrogen and oxygen atoms in total. The predicted molar refractivity (Wildman–Crippen MR) is 90.4 cm³/mol. The highest BCUT2D eigenvalue weighted by Crippen LogP contribution is 2.28. The lowest BCUT2D eigenvalue weighted by molar-refractivity contribution is -0.141. The second-order valence-electron chi connectivity index (χ2n) is 6.22. The molecule has 1 N–H and O–H groups in total. The normalized spacial score (nSPS) is 19.1. The molecule has 9 heteroatoms. The van der Waals surface area contributed by atoms with Crippen molar-refractivity contribution in [3.05, 3.63) is 34.9 Å². The summed E-state index contributed by atoms with van der Waals surface area (Å²) in [6, 6.07) is 0. The number of thiazole rings is 1. The second-order valence-corrected chi connectivity index (χ2v) is 7.34. The number of aromatic nitrogens is 3. The zero-order chi connectivity index (χ0) is 17.9. The number of nitrogens with one attached hydrogen (secondary N) is 1. The molecule has 3 rings (SSSR count). The summed E-state index contributed by atoms with van der Waals surface area (Å²) in [7, 11) is 1.84. The summed E-state index contributed by atoms with van der Waals surface area (Å²) >= 11 is 1.63. The fourth-order valence-electron chi connectivity index (χ4n) is 3.12. The summed E-state index contributed by atoms with van der Waals surface area (Å²) in [6.45, 7) is 2.67. The highest BCUT2D eigenvalue weighted by Gasteiger charge is 2.33. The molecule has 25 heavy (non-hydrogen) atoms. The zero-order valence-electron chi connectivity index (χ0n) is 13.9. The molecule has 1 unspecified atom stereocenters. The van der Waals surface area contributed by atoms with E-state index in [1.165, 1.54) is 11.1 Å². The van der Waals surface area contributed by atoms with Crippen LogP contribution in [0.5, 0.6) is 0 Å². The van der Waals surface area contributed by atoms with Crippen LogP contribution in [0.1, 0.15) is 29.1 Å². The maximum atomic E-state index is 12.8. The molecule has 3 heterocycles. The average molecular weight is 371 g/mol. The summed E-state index contributed by atoms with van der Waals surface area (Å²) in [5, 5.41) is 3.92. The largest absolute Gasteiger partial charge is 0.434 e. The van der Waals surface area contributed by atoms with Crippen LogP contribution in [0.3, 0.4) is 0 Å². The molecule has 0 saturated carbocycles. The maximum absolute atomic E-state index is 12.8. The van der Waals surface area contributed by atoms with E-state index in [1.807, 2.05) is 13.2 Å². The quantitative estimate of drug-likeness (QED) is 0.873. The van der Waals surface area contributed by atoms with Gasteiger partial charge in [0.25, 0.3) is 0 Å². The standard InChI is InChI=1S/C16H20F3N5S/c1-20-15-22-7-13(25-15)10-24-4-2-3-11(9-24)5-12-6-21-8-14(23-12)16(17,18)19/h6-8,11H,2-5,9-10H2,1H3,(H,20,22). The molecule has 2 aromatic heterocycles. The van der Waals surface area contributed by atoms with Gasteiger partial charge in [0, 0.05) is 37.4 Å². The van der Waals surface area contributed by atoms with E-state index in [2.05, 4.69) is 25.2 Å². The Balaban J connectivity index is 1.60. The van der Waals surface area contributed by atoms with Gasteiger partial charge in [-0.1, -0.05) is 0 Å². The van der Waals surface area contributed by atoms with Gasteiger partial charge in [0.05, 0.1) is 11.9 Å². The van der Waals surface area contributed by atoms with E-state index in [0.29, 0.717) is 18.0 Å². The van der Waals surface area contributed by atoms with Crippen molar-refractivity contribution >= 4 is 16.5 Å². The monoisotopic (exact) mass is 371 g/mol. The summed E-state index contributed by atoms with van der Waals surface area (Å²) in [5.74, 6) is 0.295. The van der Waals surface area contributed by atoms with Gasteiger partial charge in [0.2, 0.25) is 0 Å². The van der Waals surface area contributed by atoms with Crippen molar-refractivity contribution in [1.29, 1.82) is 0 Å². The molecule has 0 spiro atoms. The molecular weight excluding hydrogens is 351 g/mol. The van der Waals surface area contributed by atoms with Gasteiger partial charge in [-0.2, -0.15) is 13.2 Å². The minimum atomic E-state index is -4.45. The van der Waals surface area contributed by atoms with Gasteiger partial charge < -0.3 is 5.32 Å². The summed E-state index contributed by atoms with van der Waals surface area (Å²) < 4.78 is 38.3. The van der Waals surface area contributed by atoms with E-state index in [4.69, 9.17) is 0 Å². The fourth-order valence-corrected chi connectivity index (χ4v) is 3.92. The molecule has 1 aliphatic heterocycles. The van der Waals surface area contributed by atoms with Crippen LogP contribution in [0.25, 0.3) is 0 Å². The molecule has 0 radical (unpaired) electrons. The van der Waals surface area contributed by atoms with Crippen LogP contribution in [0.4, 0.5) is 18.3 Å². The second kappa shape index (κ2) is 7.65. The summed E-state index contributed by atoms with van der Waals surface area (Å²) in [5.41, 5.74) is -0.501. The van der Waals surface area contributed by atoms with Crippen molar-refractivity contribution in [3.8, 4) is 0 Å². The zero-order valence-corrected chi connectivity index (χ0v) is 14.7. The number of hydrogen-bond acceptors (Lipinski definition) is 6. The van der Waals surface area contributed by atoms with Crippen LogP contribution in [0.15, 0.2) is 18.6 Å². The van der Waals surface area contributed by atoms with Crippen molar-refractivity contribution in [2.75, 3.05) is 25.5 Å². The van der Waals surface area contributed by atoms with Gasteiger partial charge >= 0.3 is 6.18 Å². The first-order valence-corrected chi connectivity index (χ1v) is 8.98. The van der Waals surface area contributed by atoms with Crippen LogP contribution in [0, 0.1) is 5.92 Å². The number of alkyl halides is 3. The van der Waals surface area contributed by atoms with Gasteiger partial charge in [-0.3, -0.25) is 9.88 Å². The van der Waals surface area contributed by atoms with Crippen LogP contribution >= 0.6 is 11.3 Å². The van der Waals surface area contributed by atoms with E-state index in [-0.39, 0.29) is 0 Å². The Labute approximate surface area is 148 Å². The maximum Gasteiger partial charge on any atom is 0.434 e. The SMILES string of the molecule is CNc1ncc(CN2CCCC(Cc3cncc(C(F)(F)F)n3)C2)s1. The van der Waals surface area contributed by atoms with Crippen LogP contribution in [0.2, 0.25) is 0 Å². The number of anilines is 1. The van der Waals surface area contributed by atoms with Gasteiger partial charge in [-0.15, -0.1) is 11.3 Å². The molecule has 2 aromatic rings. The van der Waals surface area contributed by atoms with Crippen molar-refractivity contribution in [3.63, 3.8) is 0 Å². The Hall–Kier alpha value is -1.74. The Morgan fingerprint density at radius 1 is 1.32 bits per heavy atom. The Kier molecular flexibility index (Phi) is 5.53. The third-order valence-electron chi connectivity index (χ3n) is 4.22. The Morgan fingerprint density at radius 2 is 2.16 bits per heavy atom. The Bertz CT molecular complexity index is 703. The Morgan fingerprint density at radius 3 is 2.88 bits per heavy atom. The van der Waals surface area contributed by atoms with Crippen LogP contribution in [-0.4, -0.2) is 40.0 Å². The molecule has 0 bridgehead atoms. The van der Waals surface area contributed by atoms with Crippen molar-refractivity contribution in [2.45, 2.75) is 32.0 Å². The first-order valence-electron chi connectivity index (χ1n) is 8.17. The molecule has 1 aliphatic rings. The molecule has 0 aliphatic carbocycles. The van der Waals surface area contributed by atoms with E-state index in [9.17, 15) is 13.2 Å². The molecular formula is C16H20F3N5S. The number of likely N-dealkylation sites (tertiary alicyclic amines) is 1. The topological polar surface area (TPSA) is 53.9 Å². The summed E-state index contributed by atoms with van der Waals surface area (Å²) in [6.07, 6.45) is 2.21. The number of rotatable bonds is 5. The van der Waals surface area contributed by atoms with Crippen molar-refractivity contribution in [2.24, 2.45) is 5.92 Å². The molecule has 0 aromatic carbocycles. The number of nitrogens with zero attached hydrogens (tertiary/aromatic N) is 4. The molecule has 1 atom stereocenters. The van der Waals surface area contributed by atoms with Crippen molar-refractivity contribution in [1.82, 2.24) is 19.9 Å². The van der Waals surface area contributed by atoms with Gasteiger partial charge in [-0.25, -0.2) is 9.97 Å². The van der Waals surface area contributed by atoms with Gasteiger partial charge in [-0.05, 0) is 31.7 Å². The average Bonchev–Trinajstić information content (AvgIpc) is 3.02. The number of piperidine rings is 1. The molecule has 1 saturated heterocycles. The first kappa shape index (κ1) is 18.1. The molecule has 136 valence electrons. The highest BCUT2D eigenvalue weighted by molar-refractivity contribution is 7.15. The minimum absolute atomic E-state index is 0.295. The highest BCUT2D eigenvalue weighted by atomic mass is 32.1. The van der Waals surface area contributed by atoms with E-state index < -0.39 is 11.9 Å². The first-order chi connectivity index (χ1) is 11.9. The third-order valence-corrected chi connectivity index (χ3v) is 5.22. The third kappa shape index (κ3) is 4.88. The van der Waals surface area contributed by atoms with E-state index >= 15 is 0 Å². The minimum Gasteiger partial charge on any atom is -0.365 e. The molecule has 0 amide bonds.